The summed E-state index contributed by atoms with van der Waals surface area (Å²) in [6.07, 6.45) is 2.34. The third-order valence-corrected chi connectivity index (χ3v) is 4.81. The number of amides is 1. The Balaban J connectivity index is 1.59. The van der Waals surface area contributed by atoms with Crippen LogP contribution in [0.1, 0.15) is 21.6 Å². The van der Waals surface area contributed by atoms with Crippen LogP contribution in [0.15, 0.2) is 60.8 Å². The maximum Gasteiger partial charge on any atom is 0.269 e. The molecule has 0 bridgehead atoms. The number of halogens is 1. The Labute approximate surface area is 169 Å². The molecule has 6 heteroatoms. The molecule has 0 fully saturated rings. The van der Waals surface area contributed by atoms with Crippen molar-refractivity contribution in [2.75, 3.05) is 19.0 Å². The van der Waals surface area contributed by atoms with Gasteiger partial charge in [0.25, 0.3) is 5.91 Å². The van der Waals surface area contributed by atoms with Crippen molar-refractivity contribution >= 4 is 28.9 Å². The third-order valence-electron chi connectivity index (χ3n) is 4.40. The van der Waals surface area contributed by atoms with Crippen molar-refractivity contribution in [3.05, 3.63) is 82.6 Å². The number of hydrogen-bond acceptors (Lipinski definition) is 4. The molecule has 0 aliphatic rings. The fourth-order valence-corrected chi connectivity index (χ4v) is 2.91. The Morgan fingerprint density at radius 2 is 1.93 bits per heavy atom. The quantitative estimate of drug-likeness (QED) is 0.605. The predicted molar refractivity (Wildman–Crippen MR) is 113 cm³/mol. The monoisotopic (exact) mass is 395 g/mol. The van der Waals surface area contributed by atoms with E-state index in [4.69, 9.17) is 16.3 Å². The van der Waals surface area contributed by atoms with E-state index in [1.807, 2.05) is 55.5 Å². The van der Waals surface area contributed by atoms with Gasteiger partial charge >= 0.3 is 0 Å². The SMILES string of the molecule is COc1ccc(CCNC(=O)c2cc(Nc3cccc(Cl)c3C)ccn2)cc1. The summed E-state index contributed by atoms with van der Waals surface area (Å²) in [5.74, 6) is 0.608. The molecular formula is C22H22ClN3O2. The molecule has 0 radical (unpaired) electrons. The van der Waals surface area contributed by atoms with Crippen LogP contribution in [-0.4, -0.2) is 24.5 Å². The first kappa shape index (κ1) is 19.7. The fraction of sp³-hybridized carbons (Fsp3) is 0.182. The van der Waals surface area contributed by atoms with Crippen LogP contribution in [0.3, 0.4) is 0 Å². The van der Waals surface area contributed by atoms with Crippen LogP contribution in [0.2, 0.25) is 5.02 Å². The number of anilines is 2. The largest absolute Gasteiger partial charge is 0.497 e. The van der Waals surface area contributed by atoms with Crippen LogP contribution >= 0.6 is 11.6 Å². The highest BCUT2D eigenvalue weighted by molar-refractivity contribution is 6.31. The predicted octanol–water partition coefficient (Wildman–Crippen LogP) is 4.77. The van der Waals surface area contributed by atoms with E-state index in [0.29, 0.717) is 17.3 Å². The summed E-state index contributed by atoms with van der Waals surface area (Å²) in [6.45, 7) is 2.47. The van der Waals surface area contributed by atoms with Gasteiger partial charge in [-0.15, -0.1) is 0 Å². The highest BCUT2D eigenvalue weighted by atomic mass is 35.5. The van der Waals surface area contributed by atoms with Gasteiger partial charge in [0.2, 0.25) is 0 Å². The number of nitrogens with one attached hydrogen (secondary N) is 2. The molecule has 0 unspecified atom stereocenters. The van der Waals surface area contributed by atoms with Gasteiger partial charge in [0.1, 0.15) is 11.4 Å². The Morgan fingerprint density at radius 1 is 1.14 bits per heavy atom. The minimum Gasteiger partial charge on any atom is -0.497 e. The van der Waals surface area contributed by atoms with Gasteiger partial charge in [-0.3, -0.25) is 9.78 Å². The average Bonchev–Trinajstić information content (AvgIpc) is 2.72. The number of aromatic nitrogens is 1. The first-order valence-corrected chi connectivity index (χ1v) is 9.34. The molecule has 0 aliphatic carbocycles. The van der Waals surface area contributed by atoms with E-state index in [1.165, 1.54) is 0 Å². The van der Waals surface area contributed by atoms with Gasteiger partial charge in [0, 0.05) is 29.1 Å². The lowest BCUT2D eigenvalue weighted by Gasteiger charge is -2.11. The summed E-state index contributed by atoms with van der Waals surface area (Å²) in [5, 5.41) is 6.88. The number of benzene rings is 2. The molecule has 2 N–H and O–H groups in total. The van der Waals surface area contributed by atoms with Gasteiger partial charge in [0.15, 0.2) is 0 Å². The van der Waals surface area contributed by atoms with Crippen molar-refractivity contribution in [2.45, 2.75) is 13.3 Å². The first-order valence-electron chi connectivity index (χ1n) is 8.96. The van der Waals surface area contributed by atoms with E-state index >= 15 is 0 Å². The molecule has 1 heterocycles. The van der Waals surface area contributed by atoms with Gasteiger partial charge in [0.05, 0.1) is 7.11 Å². The lowest BCUT2D eigenvalue weighted by molar-refractivity contribution is 0.0949. The van der Waals surface area contributed by atoms with Crippen molar-refractivity contribution < 1.29 is 9.53 Å². The Bertz CT molecular complexity index is 958. The number of hydrogen-bond donors (Lipinski definition) is 2. The molecule has 3 rings (SSSR count). The summed E-state index contributed by atoms with van der Waals surface area (Å²) in [5.41, 5.74) is 4.11. The zero-order valence-electron chi connectivity index (χ0n) is 15.8. The molecular weight excluding hydrogens is 374 g/mol. The molecule has 1 aromatic heterocycles. The van der Waals surface area contributed by atoms with Crippen molar-refractivity contribution in [2.24, 2.45) is 0 Å². The molecule has 0 spiro atoms. The van der Waals surface area contributed by atoms with E-state index in [2.05, 4.69) is 15.6 Å². The van der Waals surface area contributed by atoms with Gasteiger partial charge < -0.3 is 15.4 Å². The van der Waals surface area contributed by atoms with Crippen LogP contribution in [0.5, 0.6) is 5.75 Å². The summed E-state index contributed by atoms with van der Waals surface area (Å²) >= 11 is 6.16. The van der Waals surface area contributed by atoms with Gasteiger partial charge in [-0.2, -0.15) is 0 Å². The molecule has 3 aromatic rings. The molecule has 2 aromatic carbocycles. The molecule has 0 saturated heterocycles. The number of pyridine rings is 1. The van der Waals surface area contributed by atoms with E-state index in [0.717, 1.165) is 34.7 Å². The zero-order chi connectivity index (χ0) is 19.9. The Morgan fingerprint density at radius 3 is 2.68 bits per heavy atom. The summed E-state index contributed by atoms with van der Waals surface area (Å²) < 4.78 is 5.15. The Kier molecular flexibility index (Phi) is 6.50. The van der Waals surface area contributed by atoms with Crippen LogP contribution in [0.25, 0.3) is 0 Å². The number of nitrogens with zero attached hydrogens (tertiary/aromatic N) is 1. The lowest BCUT2D eigenvalue weighted by atomic mass is 10.1. The standard InChI is InChI=1S/C22H22ClN3O2/c1-15-19(23)4-3-5-20(15)26-17-11-13-24-21(14-17)22(27)25-12-10-16-6-8-18(28-2)9-7-16/h3-9,11,13-14H,10,12H2,1-2H3,(H,24,26)(H,25,27). The van der Waals surface area contributed by atoms with Crippen molar-refractivity contribution in [1.82, 2.24) is 10.3 Å². The fourth-order valence-electron chi connectivity index (χ4n) is 2.73. The maximum atomic E-state index is 12.4. The summed E-state index contributed by atoms with van der Waals surface area (Å²) in [7, 11) is 1.64. The smallest absolute Gasteiger partial charge is 0.269 e. The minimum atomic E-state index is -0.208. The van der Waals surface area contributed by atoms with Crippen LogP contribution in [-0.2, 0) is 6.42 Å². The Hall–Kier alpha value is -3.05. The highest BCUT2D eigenvalue weighted by Crippen LogP contribution is 2.26. The molecule has 0 aliphatic heterocycles. The molecule has 0 atom stereocenters. The van der Waals surface area contributed by atoms with E-state index in [9.17, 15) is 4.79 Å². The van der Waals surface area contributed by atoms with E-state index in [1.54, 1.807) is 19.4 Å². The zero-order valence-corrected chi connectivity index (χ0v) is 16.6. The third kappa shape index (κ3) is 5.02. The number of carbonyl (C=O) groups is 1. The molecule has 144 valence electrons. The molecule has 28 heavy (non-hydrogen) atoms. The van der Waals surface area contributed by atoms with Crippen LogP contribution in [0.4, 0.5) is 11.4 Å². The lowest BCUT2D eigenvalue weighted by Crippen LogP contribution is -2.26. The van der Waals surface area contributed by atoms with Gasteiger partial charge in [-0.25, -0.2) is 0 Å². The number of ether oxygens (including phenoxy) is 1. The van der Waals surface area contributed by atoms with Gasteiger partial charge in [-0.05, 0) is 60.9 Å². The molecule has 0 saturated carbocycles. The molecule has 1 amide bonds. The average molecular weight is 396 g/mol. The second-order valence-electron chi connectivity index (χ2n) is 6.32. The van der Waals surface area contributed by atoms with Gasteiger partial charge in [-0.1, -0.05) is 29.8 Å². The number of carbonyl (C=O) groups excluding carboxylic acids is 1. The normalized spacial score (nSPS) is 10.4. The van der Waals surface area contributed by atoms with E-state index in [-0.39, 0.29) is 5.91 Å². The topological polar surface area (TPSA) is 63.2 Å². The minimum absolute atomic E-state index is 0.208. The number of rotatable bonds is 7. The second-order valence-corrected chi connectivity index (χ2v) is 6.73. The maximum absolute atomic E-state index is 12.4. The second kappa shape index (κ2) is 9.24. The van der Waals surface area contributed by atoms with E-state index < -0.39 is 0 Å². The highest BCUT2D eigenvalue weighted by Gasteiger charge is 2.09. The van der Waals surface area contributed by atoms with Crippen molar-refractivity contribution in [3.8, 4) is 5.75 Å². The summed E-state index contributed by atoms with van der Waals surface area (Å²) in [6, 6.07) is 17.0. The van der Waals surface area contributed by atoms with Crippen LogP contribution < -0.4 is 15.4 Å². The first-order chi connectivity index (χ1) is 13.6. The van der Waals surface area contributed by atoms with Crippen molar-refractivity contribution in [1.29, 1.82) is 0 Å². The van der Waals surface area contributed by atoms with Crippen molar-refractivity contribution in [3.63, 3.8) is 0 Å². The number of methoxy groups -OCH3 is 1. The summed E-state index contributed by atoms with van der Waals surface area (Å²) in [4.78, 5) is 16.6. The molecule has 5 nitrogen and oxygen atoms in total. The van der Waals surface area contributed by atoms with Crippen LogP contribution in [0, 0.1) is 6.92 Å².